The highest BCUT2D eigenvalue weighted by molar-refractivity contribution is 6.34. The Morgan fingerprint density at radius 2 is 2.05 bits per heavy atom. The van der Waals surface area contributed by atoms with E-state index in [1.165, 1.54) is 25.2 Å². The van der Waals surface area contributed by atoms with Crippen molar-refractivity contribution in [3.8, 4) is 0 Å². The molecule has 0 aliphatic carbocycles. The van der Waals surface area contributed by atoms with Gasteiger partial charge in [0.25, 0.3) is 0 Å². The molecule has 0 unspecified atom stereocenters. The van der Waals surface area contributed by atoms with Crippen LogP contribution in [0.4, 0.5) is 10.5 Å². The fourth-order valence-corrected chi connectivity index (χ4v) is 1.49. The molecule has 0 saturated carbocycles. The molecule has 0 aromatic heterocycles. The summed E-state index contributed by atoms with van der Waals surface area (Å²) >= 11 is 5.84. The number of hydrogen-bond acceptors (Lipinski definition) is 3. The van der Waals surface area contributed by atoms with Gasteiger partial charge in [0.15, 0.2) is 0 Å². The second kappa shape index (κ2) is 6.05. The van der Waals surface area contributed by atoms with E-state index < -0.39 is 17.9 Å². The summed E-state index contributed by atoms with van der Waals surface area (Å²) in [6.07, 6.45) is 0. The third-order valence-electron chi connectivity index (χ3n) is 2.20. The van der Waals surface area contributed by atoms with E-state index in [9.17, 15) is 14.4 Å². The molecule has 102 valence electrons. The van der Waals surface area contributed by atoms with Crippen molar-refractivity contribution in [2.45, 2.75) is 0 Å². The fourth-order valence-electron chi connectivity index (χ4n) is 1.27. The Balaban J connectivity index is 2.80. The van der Waals surface area contributed by atoms with Crippen molar-refractivity contribution in [3.63, 3.8) is 0 Å². The predicted molar refractivity (Wildman–Crippen MR) is 69.3 cm³/mol. The summed E-state index contributed by atoms with van der Waals surface area (Å²) in [6, 6.07) is 3.30. The van der Waals surface area contributed by atoms with Crippen molar-refractivity contribution in [1.82, 2.24) is 4.90 Å². The number of urea groups is 1. The van der Waals surface area contributed by atoms with Gasteiger partial charge >= 0.3 is 12.0 Å². The zero-order valence-electron chi connectivity index (χ0n) is 10.0. The Kier molecular flexibility index (Phi) is 4.71. The highest BCUT2D eigenvalue weighted by Crippen LogP contribution is 2.23. The molecule has 0 fully saturated rings. The lowest BCUT2D eigenvalue weighted by Crippen LogP contribution is -2.38. The Hall–Kier alpha value is -2.28. The van der Waals surface area contributed by atoms with Crippen LogP contribution in [-0.2, 0) is 4.79 Å². The lowest BCUT2D eigenvalue weighted by molar-refractivity contribution is -0.118. The Morgan fingerprint density at radius 3 is 2.53 bits per heavy atom. The van der Waals surface area contributed by atoms with Gasteiger partial charge < -0.3 is 21.1 Å². The number of nitrogens with two attached hydrogens (primary N) is 1. The molecule has 0 aliphatic rings. The van der Waals surface area contributed by atoms with E-state index in [1.54, 1.807) is 0 Å². The number of carboxylic acid groups (broad SMARTS) is 1. The minimum atomic E-state index is -1.12. The Labute approximate surface area is 113 Å². The molecule has 7 nitrogen and oxygen atoms in total. The molecule has 1 aromatic rings. The first-order chi connectivity index (χ1) is 8.81. The monoisotopic (exact) mass is 285 g/mol. The molecule has 19 heavy (non-hydrogen) atoms. The molecule has 0 spiro atoms. The molecule has 0 heterocycles. The van der Waals surface area contributed by atoms with Crippen molar-refractivity contribution in [2.75, 3.05) is 18.9 Å². The van der Waals surface area contributed by atoms with Crippen molar-refractivity contribution in [1.29, 1.82) is 0 Å². The number of carboxylic acids is 1. The third-order valence-corrected chi connectivity index (χ3v) is 2.51. The zero-order valence-corrected chi connectivity index (χ0v) is 10.8. The van der Waals surface area contributed by atoms with Gasteiger partial charge in [0.2, 0.25) is 5.91 Å². The van der Waals surface area contributed by atoms with Gasteiger partial charge in [0.1, 0.15) is 6.54 Å². The lowest BCUT2D eigenvalue weighted by Gasteiger charge is -2.16. The van der Waals surface area contributed by atoms with Crippen molar-refractivity contribution in [3.05, 3.63) is 28.8 Å². The molecular weight excluding hydrogens is 274 g/mol. The number of halogens is 1. The first-order valence-corrected chi connectivity index (χ1v) is 5.52. The van der Waals surface area contributed by atoms with Crippen LogP contribution in [0, 0.1) is 0 Å². The number of amides is 3. The molecule has 1 aromatic carbocycles. The number of nitrogens with zero attached hydrogens (tertiary/aromatic N) is 1. The van der Waals surface area contributed by atoms with Crippen LogP contribution in [0.25, 0.3) is 0 Å². The largest absolute Gasteiger partial charge is 0.478 e. The van der Waals surface area contributed by atoms with Gasteiger partial charge in [0, 0.05) is 7.05 Å². The summed E-state index contributed by atoms with van der Waals surface area (Å²) in [5.41, 5.74) is 5.21. The normalized spacial score (nSPS) is 9.79. The molecule has 4 N–H and O–H groups in total. The fraction of sp³-hybridized carbons (Fsp3) is 0.182. The smallest absolute Gasteiger partial charge is 0.335 e. The van der Waals surface area contributed by atoms with E-state index in [2.05, 4.69) is 5.32 Å². The number of likely N-dealkylation sites (N-methyl/N-ethyl adjacent to an activating group) is 1. The van der Waals surface area contributed by atoms with Gasteiger partial charge in [-0.2, -0.15) is 0 Å². The number of carbonyl (C=O) groups excluding carboxylic acids is 2. The zero-order chi connectivity index (χ0) is 14.6. The predicted octanol–water partition coefficient (Wildman–Crippen LogP) is 0.987. The van der Waals surface area contributed by atoms with E-state index in [4.69, 9.17) is 22.4 Å². The van der Waals surface area contributed by atoms with Crippen LogP contribution in [0.15, 0.2) is 18.2 Å². The van der Waals surface area contributed by atoms with Gasteiger partial charge in [-0.25, -0.2) is 9.59 Å². The average Bonchev–Trinajstić information content (AvgIpc) is 2.30. The summed E-state index contributed by atoms with van der Waals surface area (Å²) in [5, 5.41) is 11.3. The van der Waals surface area contributed by atoms with Gasteiger partial charge in [-0.15, -0.1) is 0 Å². The maximum atomic E-state index is 11.7. The molecule has 0 saturated heterocycles. The molecule has 0 atom stereocenters. The van der Waals surface area contributed by atoms with Gasteiger partial charge in [0.05, 0.1) is 16.3 Å². The van der Waals surface area contributed by atoms with E-state index in [0.717, 1.165) is 4.90 Å². The minimum absolute atomic E-state index is 0.00786. The van der Waals surface area contributed by atoms with Crippen molar-refractivity contribution in [2.24, 2.45) is 5.73 Å². The Bertz CT molecular complexity index is 533. The lowest BCUT2D eigenvalue weighted by atomic mass is 10.2. The number of primary amides is 1. The summed E-state index contributed by atoms with van der Waals surface area (Å²) in [6.45, 7) is -0.239. The molecule has 1 rings (SSSR count). The second-order valence-electron chi connectivity index (χ2n) is 3.75. The summed E-state index contributed by atoms with van der Waals surface area (Å²) in [7, 11) is 1.39. The first-order valence-electron chi connectivity index (χ1n) is 5.14. The third kappa shape index (κ3) is 4.14. The molecule has 0 radical (unpaired) electrons. The summed E-state index contributed by atoms with van der Waals surface area (Å²) < 4.78 is 0. The molecule has 0 aliphatic heterocycles. The number of nitrogens with one attached hydrogen (secondary N) is 1. The van der Waals surface area contributed by atoms with Crippen molar-refractivity contribution < 1.29 is 19.5 Å². The second-order valence-corrected chi connectivity index (χ2v) is 4.16. The number of hydrogen-bond donors (Lipinski definition) is 3. The van der Waals surface area contributed by atoms with Crippen LogP contribution in [0.5, 0.6) is 0 Å². The maximum absolute atomic E-state index is 11.7. The number of benzene rings is 1. The standard InChI is InChI=1S/C11H12ClN3O4/c1-15(5-9(13)16)11(19)14-8-3-2-6(10(17)18)4-7(8)12/h2-4H,5H2,1H3,(H2,13,16)(H,14,19)(H,17,18). The average molecular weight is 286 g/mol. The van der Waals surface area contributed by atoms with Crippen LogP contribution in [0.3, 0.4) is 0 Å². The number of anilines is 1. The van der Waals surface area contributed by atoms with E-state index in [1.807, 2.05) is 0 Å². The SMILES string of the molecule is CN(CC(N)=O)C(=O)Nc1ccc(C(=O)O)cc1Cl. The minimum Gasteiger partial charge on any atom is -0.478 e. The van der Waals surface area contributed by atoms with Crippen LogP contribution in [-0.4, -0.2) is 41.5 Å². The quantitative estimate of drug-likeness (QED) is 0.765. The van der Waals surface area contributed by atoms with Gasteiger partial charge in [-0.05, 0) is 18.2 Å². The molecule has 8 heteroatoms. The number of aromatic carboxylic acids is 1. The maximum Gasteiger partial charge on any atom is 0.335 e. The molecular formula is C11H12ClN3O4. The van der Waals surface area contributed by atoms with Gasteiger partial charge in [-0.3, -0.25) is 4.79 Å². The highest BCUT2D eigenvalue weighted by Gasteiger charge is 2.13. The molecule has 3 amide bonds. The summed E-state index contributed by atoms with van der Waals surface area (Å²) in [5.74, 6) is -1.77. The van der Waals surface area contributed by atoms with Crippen LogP contribution < -0.4 is 11.1 Å². The topological polar surface area (TPSA) is 113 Å². The van der Waals surface area contributed by atoms with Crippen LogP contribution >= 0.6 is 11.6 Å². The van der Waals surface area contributed by atoms with Crippen molar-refractivity contribution >= 4 is 35.2 Å². The molecule has 0 bridgehead atoms. The highest BCUT2D eigenvalue weighted by atomic mass is 35.5. The number of carbonyl (C=O) groups is 3. The Morgan fingerprint density at radius 1 is 1.42 bits per heavy atom. The van der Waals surface area contributed by atoms with Crippen LogP contribution in [0.2, 0.25) is 5.02 Å². The first kappa shape index (κ1) is 14.8. The van der Waals surface area contributed by atoms with Gasteiger partial charge in [-0.1, -0.05) is 11.6 Å². The van der Waals surface area contributed by atoms with E-state index in [0.29, 0.717) is 0 Å². The van der Waals surface area contributed by atoms with E-state index in [-0.39, 0.29) is 22.8 Å². The summed E-state index contributed by atoms with van der Waals surface area (Å²) in [4.78, 5) is 34.1. The van der Waals surface area contributed by atoms with Crippen LogP contribution in [0.1, 0.15) is 10.4 Å². The van der Waals surface area contributed by atoms with E-state index >= 15 is 0 Å². The number of rotatable bonds is 4.